The van der Waals surface area contributed by atoms with Gasteiger partial charge in [-0.3, -0.25) is 0 Å². The van der Waals surface area contributed by atoms with Crippen molar-refractivity contribution in [2.75, 3.05) is 0 Å². The number of alkyl halides is 2. The molecule has 0 heterocycles. The van der Waals surface area contributed by atoms with Gasteiger partial charge in [0.1, 0.15) is 4.33 Å². The lowest BCUT2D eigenvalue weighted by Crippen LogP contribution is -2.09. The molecule has 0 saturated carbocycles. The zero-order chi connectivity index (χ0) is 10.8. The molecule has 0 aliphatic carbocycles. The third-order valence-electron chi connectivity index (χ3n) is 1.97. The summed E-state index contributed by atoms with van der Waals surface area (Å²) >= 11 is 12.1. The maximum absolute atomic E-state index is 9.54. The Morgan fingerprint density at radius 3 is 2.50 bits per heavy atom. The summed E-state index contributed by atoms with van der Waals surface area (Å²) in [7, 11) is 0. The van der Waals surface area contributed by atoms with Crippen LogP contribution in [0.2, 0.25) is 0 Å². The van der Waals surface area contributed by atoms with E-state index in [4.69, 9.17) is 23.2 Å². The van der Waals surface area contributed by atoms with E-state index in [0.717, 1.165) is 6.42 Å². The van der Waals surface area contributed by atoms with E-state index in [1.54, 1.807) is 12.1 Å². The Hall–Kier alpha value is -0.600. The smallest absolute Gasteiger partial charge is 0.163 e. The first-order chi connectivity index (χ1) is 6.49. The largest absolute Gasteiger partial charge is 0.504 e. The van der Waals surface area contributed by atoms with Gasteiger partial charge < -0.3 is 10.2 Å². The van der Waals surface area contributed by atoms with E-state index < -0.39 is 4.33 Å². The molecule has 0 fully saturated rings. The van der Waals surface area contributed by atoms with Gasteiger partial charge in [-0.15, -0.1) is 0 Å². The molecule has 0 unspecified atom stereocenters. The summed E-state index contributed by atoms with van der Waals surface area (Å²) in [5.74, 6) is -0.449. The van der Waals surface area contributed by atoms with Gasteiger partial charge in [0.05, 0.1) is 0 Å². The molecular weight excluding hydrogens is 223 g/mol. The van der Waals surface area contributed by atoms with Gasteiger partial charge in [-0.2, -0.15) is 0 Å². The van der Waals surface area contributed by atoms with E-state index in [0.29, 0.717) is 12.0 Å². The second-order valence-electron chi connectivity index (χ2n) is 3.13. The average Bonchev–Trinajstić information content (AvgIpc) is 2.09. The van der Waals surface area contributed by atoms with Crippen LogP contribution in [-0.2, 0) is 4.33 Å². The molecule has 0 amide bonds. The molecule has 1 rings (SSSR count). The van der Waals surface area contributed by atoms with Gasteiger partial charge in [0, 0.05) is 5.56 Å². The van der Waals surface area contributed by atoms with Crippen molar-refractivity contribution >= 4 is 23.2 Å². The minimum absolute atomic E-state index is 0.204. The highest BCUT2D eigenvalue weighted by atomic mass is 35.5. The SMILES string of the molecule is CCCC(Cl)(Cl)c1cccc(O)c1O. The third kappa shape index (κ3) is 2.25. The summed E-state index contributed by atoms with van der Waals surface area (Å²) in [5, 5.41) is 18.8. The topological polar surface area (TPSA) is 40.5 Å². The van der Waals surface area contributed by atoms with Crippen molar-refractivity contribution in [1.82, 2.24) is 0 Å². The highest BCUT2D eigenvalue weighted by Crippen LogP contribution is 2.45. The number of hydrogen-bond acceptors (Lipinski definition) is 2. The van der Waals surface area contributed by atoms with Crippen molar-refractivity contribution in [2.45, 2.75) is 24.1 Å². The lowest BCUT2D eigenvalue weighted by Gasteiger charge is -2.20. The number of rotatable bonds is 3. The molecule has 2 N–H and O–H groups in total. The zero-order valence-electron chi connectivity index (χ0n) is 7.80. The Morgan fingerprint density at radius 1 is 1.29 bits per heavy atom. The third-order valence-corrected chi connectivity index (χ3v) is 2.76. The molecule has 0 radical (unpaired) electrons. The predicted molar refractivity (Wildman–Crippen MR) is 58.1 cm³/mol. The van der Waals surface area contributed by atoms with Crippen LogP contribution in [0.4, 0.5) is 0 Å². The Labute approximate surface area is 93.1 Å². The second kappa shape index (κ2) is 4.28. The van der Waals surface area contributed by atoms with Crippen molar-refractivity contribution in [2.24, 2.45) is 0 Å². The summed E-state index contributed by atoms with van der Waals surface area (Å²) in [6.45, 7) is 1.94. The van der Waals surface area contributed by atoms with Crippen molar-refractivity contribution < 1.29 is 10.2 Å². The fourth-order valence-electron chi connectivity index (χ4n) is 1.28. The van der Waals surface area contributed by atoms with Crippen LogP contribution in [0.3, 0.4) is 0 Å². The van der Waals surface area contributed by atoms with Crippen LogP contribution in [-0.4, -0.2) is 10.2 Å². The van der Waals surface area contributed by atoms with Crippen LogP contribution in [0.1, 0.15) is 25.3 Å². The Balaban J connectivity index is 3.12. The van der Waals surface area contributed by atoms with Gasteiger partial charge in [0.15, 0.2) is 11.5 Å². The van der Waals surface area contributed by atoms with Crippen molar-refractivity contribution in [1.29, 1.82) is 0 Å². The van der Waals surface area contributed by atoms with Crippen LogP contribution < -0.4 is 0 Å². The highest BCUT2D eigenvalue weighted by molar-refractivity contribution is 6.48. The molecule has 1 aromatic rings. The summed E-state index contributed by atoms with van der Waals surface area (Å²) in [6, 6.07) is 4.58. The van der Waals surface area contributed by atoms with Crippen LogP contribution in [0.15, 0.2) is 18.2 Å². The monoisotopic (exact) mass is 234 g/mol. The first kappa shape index (κ1) is 11.5. The molecular formula is C10H12Cl2O2. The average molecular weight is 235 g/mol. The first-order valence-electron chi connectivity index (χ1n) is 4.38. The van der Waals surface area contributed by atoms with E-state index in [-0.39, 0.29) is 11.5 Å². The van der Waals surface area contributed by atoms with Crippen LogP contribution >= 0.6 is 23.2 Å². The normalized spacial score (nSPS) is 11.6. The molecule has 0 spiro atoms. The number of benzene rings is 1. The fraction of sp³-hybridized carbons (Fsp3) is 0.400. The maximum atomic E-state index is 9.54. The van der Waals surface area contributed by atoms with E-state index >= 15 is 0 Å². The van der Waals surface area contributed by atoms with E-state index in [9.17, 15) is 10.2 Å². The minimum atomic E-state index is -1.14. The lowest BCUT2D eigenvalue weighted by molar-refractivity contribution is 0.396. The lowest BCUT2D eigenvalue weighted by atomic mass is 10.1. The summed E-state index contributed by atoms with van der Waals surface area (Å²) in [4.78, 5) is 0. The van der Waals surface area contributed by atoms with Gasteiger partial charge >= 0.3 is 0 Å². The number of phenolic OH excluding ortho intramolecular Hbond substituents is 2. The quantitative estimate of drug-likeness (QED) is 0.621. The number of phenols is 2. The first-order valence-corrected chi connectivity index (χ1v) is 5.14. The van der Waals surface area contributed by atoms with Crippen molar-refractivity contribution in [3.05, 3.63) is 23.8 Å². The van der Waals surface area contributed by atoms with E-state index in [2.05, 4.69) is 0 Å². The molecule has 14 heavy (non-hydrogen) atoms. The summed E-state index contributed by atoms with van der Waals surface area (Å²) in [6.07, 6.45) is 1.31. The van der Waals surface area contributed by atoms with Crippen molar-refractivity contribution in [3.8, 4) is 11.5 Å². The number of para-hydroxylation sites is 1. The van der Waals surface area contributed by atoms with Gasteiger partial charge in [-0.1, -0.05) is 48.7 Å². The van der Waals surface area contributed by atoms with Crippen molar-refractivity contribution in [3.63, 3.8) is 0 Å². The Morgan fingerprint density at radius 2 is 1.93 bits per heavy atom. The molecule has 0 aliphatic heterocycles. The van der Waals surface area contributed by atoms with Gasteiger partial charge in [0.2, 0.25) is 0 Å². The maximum Gasteiger partial charge on any atom is 0.163 e. The molecule has 2 nitrogen and oxygen atoms in total. The van der Waals surface area contributed by atoms with Crippen LogP contribution in [0.25, 0.3) is 0 Å². The molecule has 1 aromatic carbocycles. The van der Waals surface area contributed by atoms with E-state index in [1.165, 1.54) is 6.07 Å². The summed E-state index contributed by atoms with van der Waals surface area (Å²) < 4.78 is -1.14. The molecule has 0 saturated heterocycles. The number of aromatic hydroxyl groups is 2. The Kier molecular flexibility index (Phi) is 3.51. The standard InChI is InChI=1S/C10H12Cl2O2/c1-2-6-10(11,12)7-4-3-5-8(13)9(7)14/h3-5,13-14H,2,6H2,1H3. The molecule has 0 bridgehead atoms. The van der Waals surface area contributed by atoms with E-state index in [1.807, 2.05) is 6.92 Å². The molecule has 0 aliphatic rings. The molecule has 4 heteroatoms. The minimum Gasteiger partial charge on any atom is -0.504 e. The Bertz CT molecular complexity index is 324. The summed E-state index contributed by atoms with van der Waals surface area (Å²) in [5.41, 5.74) is 0.350. The number of halogens is 2. The number of hydrogen-bond donors (Lipinski definition) is 2. The van der Waals surface area contributed by atoms with Gasteiger partial charge in [-0.05, 0) is 12.5 Å². The fourth-order valence-corrected chi connectivity index (χ4v) is 1.96. The predicted octanol–water partition coefficient (Wildman–Crippen LogP) is 3.53. The van der Waals surface area contributed by atoms with Gasteiger partial charge in [-0.25, -0.2) is 0 Å². The van der Waals surface area contributed by atoms with Gasteiger partial charge in [0.25, 0.3) is 0 Å². The second-order valence-corrected chi connectivity index (χ2v) is 4.61. The molecule has 78 valence electrons. The molecule has 0 aromatic heterocycles. The zero-order valence-corrected chi connectivity index (χ0v) is 9.31. The molecule has 0 atom stereocenters. The highest BCUT2D eigenvalue weighted by Gasteiger charge is 2.29. The van der Waals surface area contributed by atoms with Crippen LogP contribution in [0.5, 0.6) is 11.5 Å². The van der Waals surface area contributed by atoms with Crippen LogP contribution in [0, 0.1) is 0 Å².